The van der Waals surface area contributed by atoms with Gasteiger partial charge in [-0.1, -0.05) is 48.5 Å². The summed E-state index contributed by atoms with van der Waals surface area (Å²) in [6.07, 6.45) is -2.86. The predicted molar refractivity (Wildman–Crippen MR) is 170 cm³/mol. The molecule has 48 heavy (non-hydrogen) atoms. The quantitative estimate of drug-likeness (QED) is 0.135. The number of hydrogen-bond donors (Lipinski definition) is 1. The minimum atomic E-state index is -4.68. The van der Waals surface area contributed by atoms with Gasteiger partial charge >= 0.3 is 5.97 Å². The summed E-state index contributed by atoms with van der Waals surface area (Å²) < 4.78 is 86.8. The van der Waals surface area contributed by atoms with Crippen molar-refractivity contribution in [2.45, 2.75) is 11.3 Å². The molecule has 0 amide bonds. The minimum Gasteiger partial charge on any atom is -0.478 e. The molecule has 0 aliphatic heterocycles. The van der Waals surface area contributed by atoms with Gasteiger partial charge in [-0.15, -0.1) is 0 Å². The van der Waals surface area contributed by atoms with E-state index in [1.54, 1.807) is 0 Å². The third-order valence-electron chi connectivity index (χ3n) is 7.75. The van der Waals surface area contributed by atoms with Crippen LogP contribution in [0, 0.1) is 29.5 Å². The molecule has 0 spiro atoms. The second-order valence-corrected chi connectivity index (χ2v) is 12.3. The largest absolute Gasteiger partial charge is 0.478 e. The maximum Gasteiger partial charge on any atom is 0.335 e. The van der Waals surface area contributed by atoms with Crippen LogP contribution >= 0.6 is 0 Å². The fraction of sp³-hybridized carbons (Fsp3) is 0.0278. The molecule has 0 saturated heterocycles. The molecule has 0 aliphatic carbocycles. The van der Waals surface area contributed by atoms with Gasteiger partial charge in [0, 0.05) is 38.8 Å². The van der Waals surface area contributed by atoms with Gasteiger partial charge < -0.3 is 5.11 Å². The van der Waals surface area contributed by atoms with Gasteiger partial charge in [0.25, 0.3) is 16.4 Å². The Hall–Kier alpha value is -6.24. The van der Waals surface area contributed by atoms with Crippen molar-refractivity contribution in [3.05, 3.63) is 143 Å². The number of benzene rings is 5. The number of fused-ring (bicyclic) bond motifs is 1. The summed E-state index contributed by atoms with van der Waals surface area (Å²) in [5.74, 6) is -2.96. The highest BCUT2D eigenvalue weighted by molar-refractivity contribution is 7.90. The third kappa shape index (κ3) is 5.34. The Morgan fingerprint density at radius 2 is 1.58 bits per heavy atom. The van der Waals surface area contributed by atoms with Crippen molar-refractivity contribution in [2.24, 2.45) is 0 Å². The smallest absolute Gasteiger partial charge is 0.335 e. The Kier molecular flexibility index (Phi) is 8.05. The first-order valence-corrected chi connectivity index (χ1v) is 15.4. The molecular weight excluding hydrogens is 646 g/mol. The van der Waals surface area contributed by atoms with Gasteiger partial charge in [0.15, 0.2) is 5.69 Å². The molecule has 1 N–H and O–H groups in total. The molecule has 236 valence electrons. The molecule has 0 bridgehead atoms. The Morgan fingerprint density at radius 1 is 0.875 bits per heavy atom. The number of rotatable bonds is 7. The Bertz CT molecular complexity index is 2450. The Labute approximate surface area is 271 Å². The summed E-state index contributed by atoms with van der Waals surface area (Å²) in [4.78, 5) is 14.6. The Balaban J connectivity index is 1.76. The summed E-state index contributed by atoms with van der Waals surface area (Å²) in [5.41, 5.74) is -0.557. The van der Waals surface area contributed by atoms with E-state index >= 15 is 4.39 Å². The van der Waals surface area contributed by atoms with E-state index in [0.717, 1.165) is 46.4 Å². The normalized spacial score (nSPS) is 11.4. The van der Waals surface area contributed by atoms with Crippen molar-refractivity contribution in [1.29, 1.82) is 5.26 Å². The topological polar surface area (TPSA) is 105 Å². The number of carboxylic acids is 1. The lowest BCUT2D eigenvalue weighted by Crippen LogP contribution is -2.14. The Morgan fingerprint density at radius 3 is 2.23 bits per heavy atom. The molecule has 0 fully saturated rings. The maximum absolute atomic E-state index is 15.2. The molecular formula is C36H19F4N3O4S. The van der Waals surface area contributed by atoms with Crippen LogP contribution < -0.4 is 0 Å². The lowest BCUT2D eigenvalue weighted by molar-refractivity contribution is 0.0696. The van der Waals surface area contributed by atoms with Crippen molar-refractivity contribution in [1.82, 2.24) is 3.97 Å². The number of aromatic nitrogens is 1. The van der Waals surface area contributed by atoms with Crippen LogP contribution in [-0.4, -0.2) is 23.5 Å². The SMILES string of the molecule is [C-]#[N+]c1cccc(C#N)c1-c1c(-c2cccc(-c3ccc(C(=O)O)cc3F)c2)n(S(=O)(=O)c2ccc(C(F)F)cc2)c2ccc(F)cc12. The van der Waals surface area contributed by atoms with E-state index in [2.05, 4.69) is 4.85 Å². The van der Waals surface area contributed by atoms with Crippen LogP contribution in [0.15, 0.2) is 108 Å². The van der Waals surface area contributed by atoms with Crippen LogP contribution in [0.25, 0.3) is 49.3 Å². The molecule has 0 atom stereocenters. The van der Waals surface area contributed by atoms with Gasteiger partial charge in [-0.25, -0.2) is 39.6 Å². The summed E-state index contributed by atoms with van der Waals surface area (Å²) in [7, 11) is -4.68. The monoisotopic (exact) mass is 665 g/mol. The van der Waals surface area contributed by atoms with Crippen molar-refractivity contribution < 1.29 is 35.9 Å². The fourth-order valence-corrected chi connectivity index (χ4v) is 7.14. The standard InChI is InChI=1S/C36H19F4N3O4S/c1-42-30-7-3-6-24(19-41)32(30)33-28-18-25(37)11-15-31(28)43(48(46,47)26-12-8-20(9-13-26)35(39)40)34(33)22-5-2-4-21(16-22)27-14-10-23(36(44)45)17-29(27)38/h2-18,35H,(H,44,45). The molecule has 5 aromatic carbocycles. The molecule has 1 heterocycles. The van der Waals surface area contributed by atoms with E-state index in [9.17, 15) is 36.8 Å². The highest BCUT2D eigenvalue weighted by atomic mass is 32.2. The van der Waals surface area contributed by atoms with Gasteiger partial charge in [0.2, 0.25) is 0 Å². The lowest BCUT2D eigenvalue weighted by Gasteiger charge is -2.16. The number of aromatic carboxylic acids is 1. The van der Waals surface area contributed by atoms with Crippen LogP contribution in [0.3, 0.4) is 0 Å². The molecule has 12 heteroatoms. The average molecular weight is 666 g/mol. The van der Waals surface area contributed by atoms with E-state index in [1.807, 2.05) is 6.07 Å². The summed E-state index contributed by atoms with van der Waals surface area (Å²) in [6, 6.07) is 22.9. The first kappa shape index (κ1) is 31.7. The van der Waals surface area contributed by atoms with Crippen LogP contribution in [0.1, 0.15) is 27.9 Å². The van der Waals surface area contributed by atoms with E-state index < -0.39 is 39.6 Å². The number of carboxylic acid groups (broad SMARTS) is 1. The minimum absolute atomic E-state index is 0.0122. The molecule has 6 rings (SSSR count). The van der Waals surface area contributed by atoms with Crippen LogP contribution in [0.2, 0.25) is 0 Å². The zero-order valence-corrected chi connectivity index (χ0v) is 25.1. The van der Waals surface area contributed by atoms with Gasteiger partial charge in [-0.05, 0) is 60.2 Å². The number of halogens is 4. The van der Waals surface area contributed by atoms with Crippen LogP contribution in [0.5, 0.6) is 0 Å². The van der Waals surface area contributed by atoms with Crippen molar-refractivity contribution >= 4 is 32.6 Å². The molecule has 0 saturated carbocycles. The third-order valence-corrected chi connectivity index (χ3v) is 9.48. The first-order chi connectivity index (χ1) is 23.0. The van der Waals surface area contributed by atoms with E-state index in [1.165, 1.54) is 60.7 Å². The summed E-state index contributed by atoms with van der Waals surface area (Å²) >= 11 is 0. The fourth-order valence-electron chi connectivity index (χ4n) is 5.60. The number of nitrogens with zero attached hydrogens (tertiary/aromatic N) is 3. The van der Waals surface area contributed by atoms with Crippen molar-refractivity contribution in [3.8, 4) is 39.6 Å². The molecule has 0 aliphatic rings. The van der Waals surface area contributed by atoms with Crippen LogP contribution in [-0.2, 0) is 10.0 Å². The van der Waals surface area contributed by atoms with Gasteiger partial charge in [-0.2, -0.15) is 5.26 Å². The van der Waals surface area contributed by atoms with Crippen molar-refractivity contribution in [2.75, 3.05) is 0 Å². The molecule has 1 aromatic heterocycles. The lowest BCUT2D eigenvalue weighted by atomic mass is 9.92. The number of alkyl halides is 2. The van der Waals surface area contributed by atoms with E-state index in [4.69, 9.17) is 6.57 Å². The summed E-state index contributed by atoms with van der Waals surface area (Å²) in [5, 5.41) is 19.4. The maximum atomic E-state index is 15.2. The second-order valence-electron chi connectivity index (χ2n) is 10.5. The number of hydrogen-bond acceptors (Lipinski definition) is 4. The van der Waals surface area contributed by atoms with Gasteiger partial charge in [0.05, 0.1) is 34.3 Å². The van der Waals surface area contributed by atoms with Gasteiger partial charge in [0.1, 0.15) is 11.6 Å². The zero-order valence-electron chi connectivity index (χ0n) is 24.3. The molecule has 0 radical (unpaired) electrons. The van der Waals surface area contributed by atoms with Crippen molar-refractivity contribution in [3.63, 3.8) is 0 Å². The average Bonchev–Trinajstić information content (AvgIpc) is 3.42. The highest BCUT2D eigenvalue weighted by Crippen LogP contribution is 2.48. The summed E-state index contributed by atoms with van der Waals surface area (Å²) in [6.45, 7) is 7.84. The highest BCUT2D eigenvalue weighted by Gasteiger charge is 2.31. The first-order valence-electron chi connectivity index (χ1n) is 14.0. The molecule has 0 unspecified atom stereocenters. The number of nitriles is 1. The second kappa shape index (κ2) is 12.2. The van der Waals surface area contributed by atoms with Gasteiger partial charge in [-0.3, -0.25) is 0 Å². The van der Waals surface area contributed by atoms with E-state index in [-0.39, 0.29) is 66.1 Å². The zero-order chi connectivity index (χ0) is 34.3. The van der Waals surface area contributed by atoms with E-state index in [0.29, 0.717) is 0 Å². The van der Waals surface area contributed by atoms with Crippen LogP contribution in [0.4, 0.5) is 23.2 Å². The molecule has 6 aromatic rings. The molecule has 7 nitrogen and oxygen atoms in total. The predicted octanol–water partition coefficient (Wildman–Crippen LogP) is 9.22. The number of carbonyl (C=O) groups is 1.